The molecule has 36 heavy (non-hydrogen) atoms. The van der Waals surface area contributed by atoms with E-state index in [4.69, 9.17) is 9.97 Å². The minimum absolute atomic E-state index is 0.117. The second-order valence-corrected chi connectivity index (χ2v) is 9.36. The van der Waals surface area contributed by atoms with E-state index in [0.29, 0.717) is 16.9 Å². The molecule has 8 nitrogen and oxygen atoms in total. The molecule has 2 aromatic heterocycles. The lowest BCUT2D eigenvalue weighted by atomic mass is 9.95. The molecule has 1 aliphatic carbocycles. The van der Waals surface area contributed by atoms with Crippen LogP contribution < -0.4 is 9.80 Å². The minimum atomic E-state index is -1.01. The Balaban J connectivity index is 1.45. The standard InChI is InChI=1S/C28H26N6O2/c1-17-14-20-15-19(9-10-22(20)30-17)25-27(32-26-21(28(35)36)6-5-7-23(26)31-25)34-13-12-33(16-18(34)2)24-8-3-4-11-29-24/h3-9,11,14-15,18H,10,12-13,16H2,1-2H3,(H,35,36). The Morgan fingerprint density at radius 1 is 1.06 bits per heavy atom. The molecule has 1 aromatic carbocycles. The number of hydrogen-bond donors (Lipinski definition) is 1. The molecule has 1 saturated heterocycles. The van der Waals surface area contributed by atoms with Crippen LogP contribution in [0.2, 0.25) is 0 Å². The number of carbonyl (C=O) groups is 1. The lowest BCUT2D eigenvalue weighted by molar-refractivity contribution is 0.0699. The monoisotopic (exact) mass is 478 g/mol. The summed E-state index contributed by atoms with van der Waals surface area (Å²) in [4.78, 5) is 35.6. The van der Waals surface area contributed by atoms with Crippen molar-refractivity contribution in [2.24, 2.45) is 4.99 Å². The van der Waals surface area contributed by atoms with Gasteiger partial charge in [-0.25, -0.2) is 19.7 Å². The number of anilines is 2. The molecule has 0 bridgehead atoms. The Morgan fingerprint density at radius 3 is 2.72 bits per heavy atom. The van der Waals surface area contributed by atoms with Crippen LogP contribution in [0.25, 0.3) is 16.6 Å². The molecule has 0 spiro atoms. The summed E-state index contributed by atoms with van der Waals surface area (Å²) in [5.74, 6) is 0.663. The molecule has 4 heterocycles. The number of carboxylic acid groups (broad SMARTS) is 1. The number of aromatic nitrogens is 3. The fraction of sp³-hybridized carbons (Fsp3) is 0.250. The van der Waals surface area contributed by atoms with Crippen LogP contribution in [0, 0.1) is 0 Å². The van der Waals surface area contributed by atoms with Crippen LogP contribution in [-0.4, -0.2) is 57.4 Å². The van der Waals surface area contributed by atoms with Gasteiger partial charge in [-0.1, -0.05) is 18.2 Å². The molecular weight excluding hydrogens is 452 g/mol. The maximum atomic E-state index is 12.0. The van der Waals surface area contributed by atoms with Gasteiger partial charge >= 0.3 is 5.97 Å². The zero-order valence-electron chi connectivity index (χ0n) is 20.2. The maximum Gasteiger partial charge on any atom is 0.337 e. The van der Waals surface area contributed by atoms with E-state index in [0.717, 1.165) is 60.1 Å². The van der Waals surface area contributed by atoms with Gasteiger partial charge in [0.2, 0.25) is 0 Å². The SMILES string of the molecule is CC1=CC2=CC(c3nc4cccc(C(=O)O)c4nc3N3CCN(c4ccccn4)CC3C)=CCC2=N1. The van der Waals surface area contributed by atoms with Gasteiger partial charge in [0, 0.05) is 49.6 Å². The summed E-state index contributed by atoms with van der Waals surface area (Å²) in [6, 6.07) is 11.2. The second kappa shape index (κ2) is 8.71. The van der Waals surface area contributed by atoms with E-state index in [1.54, 1.807) is 12.1 Å². The normalized spacial score (nSPS) is 19.4. The number of fused-ring (bicyclic) bond motifs is 2. The highest BCUT2D eigenvalue weighted by molar-refractivity contribution is 6.11. The molecule has 1 unspecified atom stereocenters. The number of benzene rings is 1. The third-order valence-corrected chi connectivity index (χ3v) is 6.89. The summed E-state index contributed by atoms with van der Waals surface area (Å²) in [6.45, 7) is 6.43. The lowest BCUT2D eigenvalue weighted by Gasteiger charge is -2.41. The van der Waals surface area contributed by atoms with Crippen molar-refractivity contribution in [2.75, 3.05) is 29.4 Å². The summed E-state index contributed by atoms with van der Waals surface area (Å²) in [5, 5.41) is 9.81. The zero-order valence-corrected chi connectivity index (χ0v) is 20.2. The number of rotatable bonds is 4. The first-order valence-corrected chi connectivity index (χ1v) is 12.1. The van der Waals surface area contributed by atoms with Gasteiger partial charge in [0.1, 0.15) is 17.0 Å². The highest BCUT2D eigenvalue weighted by Crippen LogP contribution is 2.35. The van der Waals surface area contributed by atoms with Gasteiger partial charge in [-0.15, -0.1) is 0 Å². The van der Waals surface area contributed by atoms with Crippen LogP contribution in [0.3, 0.4) is 0 Å². The topological polar surface area (TPSA) is 94.8 Å². The first-order chi connectivity index (χ1) is 17.5. The molecule has 6 rings (SSSR count). The van der Waals surface area contributed by atoms with Gasteiger partial charge < -0.3 is 14.9 Å². The second-order valence-electron chi connectivity index (χ2n) is 9.36. The largest absolute Gasteiger partial charge is 0.478 e. The van der Waals surface area contributed by atoms with Crippen molar-refractivity contribution in [3.05, 3.63) is 83.4 Å². The van der Waals surface area contributed by atoms with Crippen LogP contribution >= 0.6 is 0 Å². The zero-order chi connectivity index (χ0) is 24.8. The number of pyridine rings is 1. The third kappa shape index (κ3) is 3.84. The van der Waals surface area contributed by atoms with Crippen molar-refractivity contribution in [1.29, 1.82) is 0 Å². The molecule has 180 valence electrons. The summed E-state index contributed by atoms with van der Waals surface area (Å²) < 4.78 is 0. The van der Waals surface area contributed by atoms with E-state index in [1.807, 2.05) is 37.4 Å². The lowest BCUT2D eigenvalue weighted by Crippen LogP contribution is -2.53. The van der Waals surface area contributed by atoms with Gasteiger partial charge in [-0.3, -0.25) is 4.99 Å². The molecule has 0 radical (unpaired) electrons. The predicted octanol–water partition coefficient (Wildman–Crippen LogP) is 4.51. The van der Waals surface area contributed by atoms with Crippen LogP contribution in [-0.2, 0) is 0 Å². The van der Waals surface area contributed by atoms with Gasteiger partial charge in [0.25, 0.3) is 0 Å². The summed E-state index contributed by atoms with van der Waals surface area (Å²) >= 11 is 0. The van der Waals surface area contributed by atoms with E-state index in [1.165, 1.54) is 0 Å². The summed E-state index contributed by atoms with van der Waals surface area (Å²) in [7, 11) is 0. The third-order valence-electron chi connectivity index (χ3n) is 6.89. The Hall–Kier alpha value is -4.33. The van der Waals surface area contributed by atoms with Gasteiger partial charge in [-0.2, -0.15) is 0 Å². The first-order valence-electron chi connectivity index (χ1n) is 12.1. The van der Waals surface area contributed by atoms with Gasteiger partial charge in [-0.05, 0) is 55.8 Å². The Bertz CT molecular complexity index is 1510. The number of allylic oxidation sites excluding steroid dienone is 6. The quantitative estimate of drug-likeness (QED) is 0.590. The van der Waals surface area contributed by atoms with Crippen LogP contribution in [0.1, 0.15) is 36.3 Å². The number of nitrogens with zero attached hydrogens (tertiary/aromatic N) is 6. The molecule has 1 fully saturated rings. The Morgan fingerprint density at radius 2 is 1.94 bits per heavy atom. The van der Waals surface area contributed by atoms with E-state index in [2.05, 4.69) is 44.9 Å². The van der Waals surface area contributed by atoms with Crippen LogP contribution in [0.4, 0.5) is 11.6 Å². The number of carboxylic acids is 1. The molecule has 0 saturated carbocycles. The Kier molecular flexibility index (Phi) is 5.36. The number of para-hydroxylation sites is 1. The van der Waals surface area contributed by atoms with E-state index >= 15 is 0 Å². The number of aliphatic imine (C=N–C) groups is 1. The average molecular weight is 479 g/mol. The van der Waals surface area contributed by atoms with Crippen molar-refractivity contribution in [1.82, 2.24) is 15.0 Å². The van der Waals surface area contributed by atoms with Crippen molar-refractivity contribution < 1.29 is 9.90 Å². The molecule has 3 aliphatic rings. The van der Waals surface area contributed by atoms with E-state index < -0.39 is 5.97 Å². The van der Waals surface area contributed by atoms with Crippen molar-refractivity contribution in [3.63, 3.8) is 0 Å². The van der Waals surface area contributed by atoms with E-state index in [-0.39, 0.29) is 11.6 Å². The predicted molar refractivity (Wildman–Crippen MR) is 142 cm³/mol. The maximum absolute atomic E-state index is 12.0. The Labute approximate surface area is 209 Å². The van der Waals surface area contributed by atoms with E-state index in [9.17, 15) is 9.90 Å². The average Bonchev–Trinajstić information content (AvgIpc) is 3.27. The first kappa shape index (κ1) is 22.2. The van der Waals surface area contributed by atoms with Crippen molar-refractivity contribution in [3.8, 4) is 0 Å². The van der Waals surface area contributed by atoms with Crippen molar-refractivity contribution in [2.45, 2.75) is 26.3 Å². The molecule has 3 aromatic rings. The summed E-state index contributed by atoms with van der Waals surface area (Å²) in [5.41, 5.74) is 6.07. The number of aromatic carboxylic acids is 1. The molecule has 8 heteroatoms. The number of piperazine rings is 1. The molecular formula is C28H26N6O2. The molecule has 1 atom stereocenters. The summed E-state index contributed by atoms with van der Waals surface area (Å²) in [6.07, 6.45) is 8.89. The number of hydrogen-bond acceptors (Lipinski definition) is 7. The fourth-order valence-electron chi connectivity index (χ4n) is 5.16. The fourth-order valence-corrected chi connectivity index (χ4v) is 5.16. The van der Waals surface area contributed by atoms with Crippen LogP contribution in [0.5, 0.6) is 0 Å². The molecule has 2 aliphatic heterocycles. The highest BCUT2D eigenvalue weighted by Gasteiger charge is 2.30. The highest BCUT2D eigenvalue weighted by atomic mass is 16.4. The minimum Gasteiger partial charge on any atom is -0.478 e. The van der Waals surface area contributed by atoms with Crippen LogP contribution in [0.15, 0.2) is 77.1 Å². The van der Waals surface area contributed by atoms with Gasteiger partial charge in [0.05, 0.1) is 16.8 Å². The molecule has 0 amide bonds. The van der Waals surface area contributed by atoms with Gasteiger partial charge in [0.15, 0.2) is 5.82 Å². The smallest absolute Gasteiger partial charge is 0.337 e. The molecule has 1 N–H and O–H groups in total. The van der Waals surface area contributed by atoms with Crippen molar-refractivity contribution >= 4 is 39.9 Å².